The fourth-order valence-corrected chi connectivity index (χ4v) is 2.16. The van der Waals surface area contributed by atoms with Gasteiger partial charge in [-0.05, 0) is 30.2 Å². The molecule has 94 valence electrons. The Bertz CT molecular complexity index is 548. The van der Waals surface area contributed by atoms with Crippen LogP contribution in [0.5, 0.6) is 0 Å². The number of hydrogen-bond acceptors (Lipinski definition) is 2. The van der Waals surface area contributed by atoms with Gasteiger partial charge in [-0.15, -0.1) is 0 Å². The van der Waals surface area contributed by atoms with Crippen LogP contribution in [0.25, 0.3) is 0 Å². The molecule has 1 aromatic heterocycles. The standard InChI is InChI=1S/C14H15ClN2O/c1-2-6-17-7-5-16-14(17)9-12-8-13(15)4-3-11(12)10-18/h3-5,7-8,10H,2,6,9H2,1H3. The van der Waals surface area contributed by atoms with Crippen molar-refractivity contribution < 1.29 is 4.79 Å². The number of hydrogen-bond donors (Lipinski definition) is 0. The first-order valence-corrected chi connectivity index (χ1v) is 6.36. The third-order valence-electron chi connectivity index (χ3n) is 2.85. The molecule has 0 N–H and O–H groups in total. The van der Waals surface area contributed by atoms with E-state index in [1.807, 2.05) is 12.3 Å². The molecule has 1 heterocycles. The molecule has 1 aromatic carbocycles. The average Bonchev–Trinajstić information content (AvgIpc) is 2.78. The smallest absolute Gasteiger partial charge is 0.150 e. The number of aldehydes is 1. The van der Waals surface area contributed by atoms with Crippen LogP contribution >= 0.6 is 11.6 Å². The lowest BCUT2D eigenvalue weighted by Crippen LogP contribution is -2.05. The minimum absolute atomic E-state index is 0.627. The largest absolute Gasteiger partial charge is 0.335 e. The molecule has 0 atom stereocenters. The van der Waals surface area contributed by atoms with Gasteiger partial charge in [0.1, 0.15) is 12.1 Å². The number of imidazole rings is 1. The van der Waals surface area contributed by atoms with Gasteiger partial charge < -0.3 is 4.57 Å². The normalized spacial score (nSPS) is 10.6. The Labute approximate surface area is 111 Å². The van der Waals surface area contributed by atoms with Crippen molar-refractivity contribution in [2.75, 3.05) is 0 Å². The Kier molecular flexibility index (Phi) is 4.15. The van der Waals surface area contributed by atoms with E-state index in [-0.39, 0.29) is 0 Å². The summed E-state index contributed by atoms with van der Waals surface area (Å²) in [5, 5.41) is 0.643. The lowest BCUT2D eigenvalue weighted by atomic mass is 10.1. The lowest BCUT2D eigenvalue weighted by molar-refractivity contribution is 0.112. The molecule has 0 saturated heterocycles. The van der Waals surface area contributed by atoms with Gasteiger partial charge in [0.25, 0.3) is 0 Å². The van der Waals surface area contributed by atoms with E-state index in [4.69, 9.17) is 11.6 Å². The molecule has 0 aliphatic rings. The Morgan fingerprint density at radius 1 is 1.44 bits per heavy atom. The molecule has 0 aliphatic carbocycles. The molecular weight excluding hydrogens is 248 g/mol. The summed E-state index contributed by atoms with van der Waals surface area (Å²) in [5.41, 5.74) is 1.59. The van der Waals surface area contributed by atoms with Crippen LogP contribution in [0.4, 0.5) is 0 Å². The van der Waals surface area contributed by atoms with Crippen LogP contribution in [-0.2, 0) is 13.0 Å². The van der Waals surface area contributed by atoms with E-state index >= 15 is 0 Å². The first kappa shape index (κ1) is 12.8. The second kappa shape index (κ2) is 5.83. The molecule has 18 heavy (non-hydrogen) atoms. The maximum Gasteiger partial charge on any atom is 0.150 e. The van der Waals surface area contributed by atoms with Gasteiger partial charge in [-0.25, -0.2) is 4.98 Å². The number of aromatic nitrogens is 2. The highest BCUT2D eigenvalue weighted by atomic mass is 35.5. The zero-order chi connectivity index (χ0) is 13.0. The van der Waals surface area contributed by atoms with Gasteiger partial charge in [-0.2, -0.15) is 0 Å². The maximum atomic E-state index is 11.0. The first-order valence-electron chi connectivity index (χ1n) is 5.98. The highest BCUT2D eigenvalue weighted by molar-refractivity contribution is 6.30. The van der Waals surface area contributed by atoms with Crippen molar-refractivity contribution in [1.29, 1.82) is 0 Å². The van der Waals surface area contributed by atoms with Crippen LogP contribution in [0.2, 0.25) is 5.02 Å². The van der Waals surface area contributed by atoms with E-state index in [1.54, 1.807) is 18.3 Å². The second-order valence-electron chi connectivity index (χ2n) is 4.17. The van der Waals surface area contributed by atoms with Gasteiger partial charge in [-0.3, -0.25) is 4.79 Å². The van der Waals surface area contributed by atoms with Gasteiger partial charge in [0, 0.05) is 35.9 Å². The van der Waals surface area contributed by atoms with Gasteiger partial charge in [-0.1, -0.05) is 18.5 Å². The minimum Gasteiger partial charge on any atom is -0.335 e. The number of nitrogens with zero attached hydrogens (tertiary/aromatic N) is 2. The van der Waals surface area contributed by atoms with E-state index in [0.717, 1.165) is 30.6 Å². The molecule has 0 fully saturated rings. The van der Waals surface area contributed by atoms with Crippen molar-refractivity contribution in [3.8, 4) is 0 Å². The predicted octanol–water partition coefficient (Wildman–Crippen LogP) is 3.35. The summed E-state index contributed by atoms with van der Waals surface area (Å²) in [4.78, 5) is 15.3. The minimum atomic E-state index is 0.627. The topological polar surface area (TPSA) is 34.9 Å². The summed E-state index contributed by atoms with van der Waals surface area (Å²) >= 11 is 5.97. The molecule has 0 saturated carbocycles. The molecule has 3 nitrogen and oxygen atoms in total. The van der Waals surface area contributed by atoms with Crippen molar-refractivity contribution >= 4 is 17.9 Å². The highest BCUT2D eigenvalue weighted by Gasteiger charge is 2.08. The summed E-state index contributed by atoms with van der Waals surface area (Å²) in [7, 11) is 0. The number of halogens is 1. The quantitative estimate of drug-likeness (QED) is 0.775. The summed E-state index contributed by atoms with van der Waals surface area (Å²) < 4.78 is 2.11. The number of benzene rings is 1. The van der Waals surface area contributed by atoms with Crippen LogP contribution in [0.3, 0.4) is 0 Å². The monoisotopic (exact) mass is 262 g/mol. The maximum absolute atomic E-state index is 11.0. The summed E-state index contributed by atoms with van der Waals surface area (Å²) in [6.45, 7) is 3.06. The van der Waals surface area contributed by atoms with Gasteiger partial charge in [0.05, 0.1) is 0 Å². The number of carbonyl (C=O) groups is 1. The Hall–Kier alpha value is -1.61. The molecule has 2 aromatic rings. The predicted molar refractivity (Wildman–Crippen MR) is 72.2 cm³/mol. The van der Waals surface area contributed by atoms with E-state index in [0.29, 0.717) is 17.0 Å². The summed E-state index contributed by atoms with van der Waals surface area (Å²) in [6.07, 6.45) is 6.29. The van der Waals surface area contributed by atoms with E-state index < -0.39 is 0 Å². The lowest BCUT2D eigenvalue weighted by Gasteiger charge is -2.08. The van der Waals surface area contributed by atoms with Crippen molar-refractivity contribution in [2.45, 2.75) is 26.3 Å². The van der Waals surface area contributed by atoms with Crippen molar-refractivity contribution in [1.82, 2.24) is 9.55 Å². The number of carbonyl (C=O) groups excluding carboxylic acids is 1. The van der Waals surface area contributed by atoms with Crippen LogP contribution in [0.1, 0.15) is 35.1 Å². The van der Waals surface area contributed by atoms with E-state index in [1.165, 1.54) is 0 Å². The third-order valence-corrected chi connectivity index (χ3v) is 3.08. The Morgan fingerprint density at radius 2 is 2.28 bits per heavy atom. The zero-order valence-corrected chi connectivity index (χ0v) is 11.0. The second-order valence-corrected chi connectivity index (χ2v) is 4.61. The first-order chi connectivity index (χ1) is 8.74. The third kappa shape index (κ3) is 2.79. The number of aryl methyl sites for hydroxylation is 1. The summed E-state index contributed by atoms with van der Waals surface area (Å²) in [5.74, 6) is 0.960. The molecule has 4 heteroatoms. The Balaban J connectivity index is 2.30. The molecule has 0 amide bonds. The van der Waals surface area contributed by atoms with Gasteiger partial charge in [0.15, 0.2) is 0 Å². The van der Waals surface area contributed by atoms with Gasteiger partial charge >= 0.3 is 0 Å². The molecule has 0 unspecified atom stereocenters. The zero-order valence-electron chi connectivity index (χ0n) is 10.3. The van der Waals surface area contributed by atoms with Crippen LogP contribution in [-0.4, -0.2) is 15.8 Å². The van der Waals surface area contributed by atoms with Crippen LogP contribution in [0.15, 0.2) is 30.6 Å². The summed E-state index contributed by atoms with van der Waals surface area (Å²) in [6, 6.07) is 5.31. The molecule has 0 bridgehead atoms. The van der Waals surface area contributed by atoms with Gasteiger partial charge in [0.2, 0.25) is 0 Å². The Morgan fingerprint density at radius 3 is 3.00 bits per heavy atom. The van der Waals surface area contributed by atoms with Crippen molar-refractivity contribution in [3.05, 3.63) is 52.6 Å². The SMILES string of the molecule is CCCn1ccnc1Cc1cc(Cl)ccc1C=O. The molecule has 0 aliphatic heterocycles. The van der Waals surface area contributed by atoms with Crippen molar-refractivity contribution in [2.24, 2.45) is 0 Å². The van der Waals surface area contributed by atoms with E-state index in [9.17, 15) is 4.79 Å². The fourth-order valence-electron chi connectivity index (χ4n) is 1.96. The van der Waals surface area contributed by atoms with Crippen LogP contribution < -0.4 is 0 Å². The highest BCUT2D eigenvalue weighted by Crippen LogP contribution is 2.18. The number of rotatable bonds is 5. The molecular formula is C14H15ClN2O. The molecule has 0 spiro atoms. The van der Waals surface area contributed by atoms with Crippen molar-refractivity contribution in [3.63, 3.8) is 0 Å². The van der Waals surface area contributed by atoms with Crippen LogP contribution in [0, 0.1) is 0 Å². The average molecular weight is 263 g/mol. The molecule has 0 radical (unpaired) electrons. The van der Waals surface area contributed by atoms with E-state index in [2.05, 4.69) is 16.5 Å². The fraction of sp³-hybridized carbons (Fsp3) is 0.286. The molecule has 2 rings (SSSR count).